The van der Waals surface area contributed by atoms with Crippen LogP contribution in [0.5, 0.6) is 0 Å². The molecular weight excluding hydrogens is 378 g/mol. The number of rotatable bonds is 4. The van der Waals surface area contributed by atoms with Crippen LogP contribution in [0.2, 0.25) is 0 Å². The van der Waals surface area contributed by atoms with Gasteiger partial charge in [-0.1, -0.05) is 19.9 Å². The van der Waals surface area contributed by atoms with Gasteiger partial charge in [-0.05, 0) is 30.4 Å². The first-order valence-electron chi connectivity index (χ1n) is 8.59. The predicted octanol–water partition coefficient (Wildman–Crippen LogP) is 4.84. The standard InChI is InChI=1S/C19H19N5OS2/c1-10(2)14-9-27-19(21-14)22-18(25)12-8-13(15-6-5-7-26-15)20-17-16(12)11(3)23-24(17)4/h5-10H,1-4H3,(H,21,22,25). The summed E-state index contributed by atoms with van der Waals surface area (Å²) in [5.74, 6) is 0.131. The molecule has 0 radical (unpaired) electrons. The summed E-state index contributed by atoms with van der Waals surface area (Å²) in [5.41, 5.74) is 3.80. The van der Waals surface area contributed by atoms with E-state index in [0.717, 1.165) is 27.3 Å². The number of amides is 1. The van der Waals surface area contributed by atoms with Crippen molar-refractivity contribution in [3.05, 3.63) is 45.9 Å². The average Bonchev–Trinajstić information content (AvgIpc) is 3.36. The van der Waals surface area contributed by atoms with Crippen LogP contribution in [0.15, 0.2) is 29.0 Å². The minimum Gasteiger partial charge on any atom is -0.298 e. The molecule has 4 aromatic rings. The van der Waals surface area contributed by atoms with Crippen LogP contribution < -0.4 is 5.32 Å². The molecule has 1 amide bonds. The van der Waals surface area contributed by atoms with E-state index in [4.69, 9.17) is 4.98 Å². The first-order chi connectivity index (χ1) is 12.9. The smallest absolute Gasteiger partial charge is 0.258 e. The number of pyridine rings is 1. The Bertz CT molecular complexity index is 1120. The Morgan fingerprint density at radius 1 is 1.26 bits per heavy atom. The molecule has 0 bridgehead atoms. The molecule has 0 fully saturated rings. The normalized spacial score (nSPS) is 11.4. The van der Waals surface area contributed by atoms with Crippen LogP contribution in [0.4, 0.5) is 5.13 Å². The van der Waals surface area contributed by atoms with E-state index in [1.807, 2.05) is 42.9 Å². The highest BCUT2D eigenvalue weighted by Gasteiger charge is 2.20. The lowest BCUT2D eigenvalue weighted by Gasteiger charge is -2.07. The van der Waals surface area contributed by atoms with Crippen molar-refractivity contribution in [3.63, 3.8) is 0 Å². The molecule has 0 saturated heterocycles. The van der Waals surface area contributed by atoms with Crippen LogP contribution in [0.25, 0.3) is 21.6 Å². The number of thiazole rings is 1. The average molecular weight is 398 g/mol. The molecule has 0 unspecified atom stereocenters. The Labute approximate surface area is 164 Å². The summed E-state index contributed by atoms with van der Waals surface area (Å²) in [6.07, 6.45) is 0. The van der Waals surface area contributed by atoms with Gasteiger partial charge in [0.1, 0.15) is 0 Å². The van der Waals surface area contributed by atoms with E-state index in [-0.39, 0.29) is 5.91 Å². The Hall–Kier alpha value is -2.58. The maximum atomic E-state index is 13.1. The number of thiophene rings is 1. The van der Waals surface area contributed by atoms with E-state index >= 15 is 0 Å². The summed E-state index contributed by atoms with van der Waals surface area (Å²) in [7, 11) is 1.85. The van der Waals surface area contributed by atoms with Gasteiger partial charge in [0.15, 0.2) is 10.8 Å². The SMILES string of the molecule is Cc1nn(C)c2nc(-c3cccs3)cc(C(=O)Nc3nc(C(C)C)cs3)c12. The lowest BCUT2D eigenvalue weighted by atomic mass is 10.1. The fourth-order valence-corrected chi connectivity index (χ4v) is 4.50. The van der Waals surface area contributed by atoms with Crippen molar-refractivity contribution < 1.29 is 4.79 Å². The number of aryl methyl sites for hydroxylation is 2. The molecule has 8 heteroatoms. The fourth-order valence-electron chi connectivity index (χ4n) is 2.95. The number of nitrogens with one attached hydrogen (secondary N) is 1. The highest BCUT2D eigenvalue weighted by Crippen LogP contribution is 2.30. The Kier molecular flexibility index (Phi) is 4.53. The largest absolute Gasteiger partial charge is 0.298 e. The molecule has 4 heterocycles. The Morgan fingerprint density at radius 2 is 2.07 bits per heavy atom. The second-order valence-electron chi connectivity index (χ2n) is 6.63. The van der Waals surface area contributed by atoms with E-state index in [9.17, 15) is 4.79 Å². The maximum absolute atomic E-state index is 13.1. The lowest BCUT2D eigenvalue weighted by molar-refractivity contribution is 0.102. The van der Waals surface area contributed by atoms with Gasteiger partial charge < -0.3 is 0 Å². The molecule has 6 nitrogen and oxygen atoms in total. The van der Waals surface area contributed by atoms with Crippen molar-refractivity contribution in [2.75, 3.05) is 5.32 Å². The number of hydrogen-bond donors (Lipinski definition) is 1. The van der Waals surface area contributed by atoms with Crippen molar-refractivity contribution in [3.8, 4) is 10.6 Å². The topological polar surface area (TPSA) is 72.7 Å². The first kappa shape index (κ1) is 17.8. The number of carbonyl (C=O) groups is 1. The summed E-state index contributed by atoms with van der Waals surface area (Å²) >= 11 is 3.03. The number of hydrogen-bond acceptors (Lipinski definition) is 6. The molecule has 0 aliphatic rings. The molecule has 138 valence electrons. The summed E-state index contributed by atoms with van der Waals surface area (Å²) in [6, 6.07) is 5.82. The summed E-state index contributed by atoms with van der Waals surface area (Å²) in [6.45, 7) is 6.06. The van der Waals surface area contributed by atoms with Crippen LogP contribution in [0.3, 0.4) is 0 Å². The third kappa shape index (κ3) is 3.26. The molecule has 0 spiro atoms. The van der Waals surface area contributed by atoms with Crippen molar-refractivity contribution in [1.82, 2.24) is 19.7 Å². The van der Waals surface area contributed by atoms with Crippen LogP contribution >= 0.6 is 22.7 Å². The molecule has 0 aliphatic heterocycles. The van der Waals surface area contributed by atoms with Crippen LogP contribution in [-0.4, -0.2) is 25.7 Å². The van der Waals surface area contributed by atoms with Gasteiger partial charge in [-0.2, -0.15) is 5.10 Å². The summed E-state index contributed by atoms with van der Waals surface area (Å²) < 4.78 is 1.72. The maximum Gasteiger partial charge on any atom is 0.258 e. The number of carbonyl (C=O) groups excluding carboxylic acids is 1. The molecule has 4 aromatic heterocycles. The minimum atomic E-state index is -0.194. The lowest BCUT2D eigenvalue weighted by Crippen LogP contribution is -2.13. The van der Waals surface area contributed by atoms with Gasteiger partial charge in [-0.3, -0.25) is 14.8 Å². The van der Waals surface area contributed by atoms with Gasteiger partial charge in [0, 0.05) is 12.4 Å². The second kappa shape index (κ2) is 6.86. The van der Waals surface area contributed by atoms with Crippen molar-refractivity contribution in [1.29, 1.82) is 0 Å². The van der Waals surface area contributed by atoms with Gasteiger partial charge >= 0.3 is 0 Å². The zero-order valence-electron chi connectivity index (χ0n) is 15.5. The van der Waals surface area contributed by atoms with Gasteiger partial charge in [0.05, 0.1) is 32.9 Å². The molecule has 0 atom stereocenters. The van der Waals surface area contributed by atoms with E-state index in [1.54, 1.807) is 16.0 Å². The first-order valence-corrected chi connectivity index (χ1v) is 10.3. The third-order valence-corrected chi connectivity index (χ3v) is 5.99. The van der Waals surface area contributed by atoms with Gasteiger partial charge in [-0.15, -0.1) is 22.7 Å². The molecule has 27 heavy (non-hydrogen) atoms. The van der Waals surface area contributed by atoms with E-state index in [1.165, 1.54) is 11.3 Å². The number of fused-ring (bicyclic) bond motifs is 1. The molecule has 0 saturated carbocycles. The highest BCUT2D eigenvalue weighted by atomic mass is 32.1. The highest BCUT2D eigenvalue weighted by molar-refractivity contribution is 7.14. The molecule has 4 rings (SSSR count). The monoisotopic (exact) mass is 397 g/mol. The van der Waals surface area contributed by atoms with Crippen LogP contribution in [0, 0.1) is 6.92 Å². The van der Waals surface area contributed by atoms with Crippen LogP contribution in [0.1, 0.15) is 41.5 Å². The van der Waals surface area contributed by atoms with E-state index in [2.05, 4.69) is 29.2 Å². The zero-order valence-corrected chi connectivity index (χ0v) is 17.1. The van der Waals surface area contributed by atoms with Crippen molar-refractivity contribution >= 4 is 44.7 Å². The van der Waals surface area contributed by atoms with E-state index < -0.39 is 0 Å². The fraction of sp³-hybridized carbons (Fsp3) is 0.263. The van der Waals surface area contributed by atoms with Crippen LogP contribution in [-0.2, 0) is 7.05 Å². The number of aromatic nitrogens is 4. The number of anilines is 1. The van der Waals surface area contributed by atoms with Crippen molar-refractivity contribution in [2.45, 2.75) is 26.7 Å². The summed E-state index contributed by atoms with van der Waals surface area (Å²) in [5, 5.41) is 12.8. The Balaban J connectivity index is 1.80. The Morgan fingerprint density at radius 3 is 2.74 bits per heavy atom. The predicted molar refractivity (Wildman–Crippen MR) is 111 cm³/mol. The van der Waals surface area contributed by atoms with Gasteiger partial charge in [0.2, 0.25) is 0 Å². The molecule has 1 N–H and O–H groups in total. The quantitative estimate of drug-likeness (QED) is 0.535. The third-order valence-electron chi connectivity index (χ3n) is 4.32. The molecule has 0 aromatic carbocycles. The zero-order chi connectivity index (χ0) is 19.1. The van der Waals surface area contributed by atoms with Gasteiger partial charge in [0.25, 0.3) is 5.91 Å². The summed E-state index contributed by atoms with van der Waals surface area (Å²) in [4.78, 5) is 23.3. The molecular formula is C19H19N5OS2. The van der Waals surface area contributed by atoms with Gasteiger partial charge in [-0.25, -0.2) is 9.97 Å². The molecule has 0 aliphatic carbocycles. The second-order valence-corrected chi connectivity index (χ2v) is 8.43. The number of nitrogens with zero attached hydrogens (tertiary/aromatic N) is 4. The minimum absolute atomic E-state index is 0.194. The van der Waals surface area contributed by atoms with E-state index in [0.29, 0.717) is 22.3 Å². The van der Waals surface area contributed by atoms with Crippen molar-refractivity contribution in [2.24, 2.45) is 7.05 Å².